The molecule has 2 N–H and O–H groups in total. The molecule has 0 saturated carbocycles. The number of anilines is 1. The molecule has 102 valence electrons. The van der Waals surface area contributed by atoms with E-state index in [-0.39, 0.29) is 0 Å². The van der Waals surface area contributed by atoms with Gasteiger partial charge in [0.05, 0.1) is 11.3 Å². The highest BCUT2D eigenvalue weighted by molar-refractivity contribution is 5.92. The summed E-state index contributed by atoms with van der Waals surface area (Å²) in [6.45, 7) is 6.42. The molecule has 2 aromatic rings. The first-order valence-corrected chi connectivity index (χ1v) is 6.78. The second-order valence-electron chi connectivity index (χ2n) is 4.96. The Labute approximate surface area is 113 Å². The van der Waals surface area contributed by atoms with Crippen molar-refractivity contribution < 1.29 is 5.11 Å². The summed E-state index contributed by atoms with van der Waals surface area (Å²) in [6.07, 6.45) is 1.43. The molecule has 19 heavy (non-hydrogen) atoms. The van der Waals surface area contributed by atoms with Crippen LogP contribution in [0.3, 0.4) is 0 Å². The largest absolute Gasteiger partial charge is 0.388 e. The zero-order chi connectivity index (χ0) is 13.9. The topological polar surface area (TPSA) is 58.0 Å². The lowest BCUT2D eigenvalue weighted by Gasteiger charge is -2.25. The molecule has 0 spiro atoms. The number of hydrogen-bond donors (Lipinski definition) is 2. The van der Waals surface area contributed by atoms with Crippen LogP contribution in [0.5, 0.6) is 0 Å². The average molecular weight is 259 g/mol. The number of rotatable bonds is 5. The maximum atomic E-state index is 10.3. The predicted molar refractivity (Wildman–Crippen MR) is 78.3 cm³/mol. The van der Waals surface area contributed by atoms with E-state index < -0.39 is 5.60 Å². The summed E-state index contributed by atoms with van der Waals surface area (Å²) in [6, 6.07) is 8.04. The van der Waals surface area contributed by atoms with E-state index in [1.807, 2.05) is 45.0 Å². The minimum atomic E-state index is -0.687. The number of benzene rings is 1. The molecule has 0 saturated heterocycles. The van der Waals surface area contributed by atoms with Crippen LogP contribution in [-0.4, -0.2) is 27.4 Å². The normalized spacial score (nSPS) is 11.8. The van der Waals surface area contributed by atoms with E-state index in [1.165, 1.54) is 0 Å². The van der Waals surface area contributed by atoms with Crippen LogP contribution < -0.4 is 5.32 Å². The zero-order valence-corrected chi connectivity index (χ0v) is 11.8. The molecule has 0 amide bonds. The van der Waals surface area contributed by atoms with Gasteiger partial charge in [0.2, 0.25) is 0 Å². The van der Waals surface area contributed by atoms with Crippen LogP contribution in [0, 0.1) is 6.92 Å². The van der Waals surface area contributed by atoms with E-state index in [9.17, 15) is 5.11 Å². The van der Waals surface area contributed by atoms with Crippen LogP contribution in [-0.2, 0) is 0 Å². The van der Waals surface area contributed by atoms with Gasteiger partial charge in [0.15, 0.2) is 5.82 Å². The number of hydrogen-bond acceptors (Lipinski definition) is 4. The van der Waals surface area contributed by atoms with Gasteiger partial charge in [-0.25, -0.2) is 0 Å². The highest BCUT2D eigenvalue weighted by atomic mass is 16.3. The van der Waals surface area contributed by atoms with Gasteiger partial charge in [-0.15, -0.1) is 5.10 Å². The van der Waals surface area contributed by atoms with Gasteiger partial charge in [-0.1, -0.05) is 38.1 Å². The van der Waals surface area contributed by atoms with Crippen molar-refractivity contribution in [2.45, 2.75) is 39.2 Å². The number of aryl methyl sites for hydroxylation is 1. The minimum absolute atomic E-state index is 0.488. The van der Waals surface area contributed by atoms with Crippen molar-refractivity contribution >= 4 is 16.6 Å². The Morgan fingerprint density at radius 2 is 1.74 bits per heavy atom. The number of aliphatic hydroxyl groups is 1. The van der Waals surface area contributed by atoms with Crippen molar-refractivity contribution in [2.75, 3.05) is 11.9 Å². The Kier molecular flexibility index (Phi) is 4.00. The summed E-state index contributed by atoms with van der Waals surface area (Å²) in [4.78, 5) is 0. The number of fused-ring (bicyclic) bond motifs is 1. The Morgan fingerprint density at radius 3 is 2.37 bits per heavy atom. The molecular weight excluding hydrogens is 238 g/mol. The lowest BCUT2D eigenvalue weighted by atomic mass is 9.97. The fraction of sp³-hybridized carbons (Fsp3) is 0.467. The summed E-state index contributed by atoms with van der Waals surface area (Å²) < 4.78 is 0. The van der Waals surface area contributed by atoms with Crippen LogP contribution in [0.25, 0.3) is 10.8 Å². The quantitative estimate of drug-likeness (QED) is 0.867. The number of nitrogens with zero attached hydrogens (tertiary/aromatic N) is 2. The van der Waals surface area contributed by atoms with Crippen molar-refractivity contribution in [3.05, 3.63) is 30.0 Å². The van der Waals surface area contributed by atoms with Crippen molar-refractivity contribution in [1.29, 1.82) is 0 Å². The molecule has 1 heterocycles. The van der Waals surface area contributed by atoms with E-state index in [4.69, 9.17) is 0 Å². The number of aromatic nitrogens is 2. The summed E-state index contributed by atoms with van der Waals surface area (Å²) in [7, 11) is 0. The summed E-state index contributed by atoms with van der Waals surface area (Å²) in [5.41, 5.74) is 0.232. The second-order valence-corrected chi connectivity index (χ2v) is 4.96. The van der Waals surface area contributed by atoms with Gasteiger partial charge in [-0.05, 0) is 19.8 Å². The molecule has 0 bridgehead atoms. The van der Waals surface area contributed by atoms with E-state index >= 15 is 0 Å². The first kappa shape index (κ1) is 13.7. The van der Waals surface area contributed by atoms with Gasteiger partial charge >= 0.3 is 0 Å². The van der Waals surface area contributed by atoms with Crippen molar-refractivity contribution in [1.82, 2.24) is 10.2 Å². The SMILES string of the molecule is CCC(O)(CC)CNc1nnc(C)c2ccccc12. The van der Waals surface area contributed by atoms with Crippen LogP contribution in [0.1, 0.15) is 32.4 Å². The minimum Gasteiger partial charge on any atom is -0.388 e. The highest BCUT2D eigenvalue weighted by Gasteiger charge is 2.22. The molecule has 2 rings (SSSR count). The standard InChI is InChI=1S/C15H21N3O/c1-4-15(19,5-2)10-16-14-13-9-7-6-8-12(13)11(3)17-18-14/h6-9,19H,4-5,10H2,1-3H3,(H,16,18). The number of nitrogens with one attached hydrogen (secondary N) is 1. The van der Waals surface area contributed by atoms with Crippen molar-refractivity contribution in [2.24, 2.45) is 0 Å². The highest BCUT2D eigenvalue weighted by Crippen LogP contribution is 2.23. The lowest BCUT2D eigenvalue weighted by Crippen LogP contribution is -2.35. The van der Waals surface area contributed by atoms with Crippen molar-refractivity contribution in [3.8, 4) is 0 Å². The van der Waals surface area contributed by atoms with Gasteiger partial charge in [-0.3, -0.25) is 0 Å². The Balaban J connectivity index is 2.29. The zero-order valence-electron chi connectivity index (χ0n) is 11.8. The van der Waals surface area contributed by atoms with Crippen LogP contribution in [0.4, 0.5) is 5.82 Å². The van der Waals surface area contributed by atoms with E-state index in [0.717, 1.165) is 22.3 Å². The molecular formula is C15H21N3O. The molecule has 4 nitrogen and oxygen atoms in total. The van der Waals surface area contributed by atoms with Crippen LogP contribution in [0.2, 0.25) is 0 Å². The molecule has 1 aromatic heterocycles. The van der Waals surface area contributed by atoms with E-state index in [1.54, 1.807) is 0 Å². The average Bonchev–Trinajstić information content (AvgIpc) is 2.46. The van der Waals surface area contributed by atoms with Crippen molar-refractivity contribution in [3.63, 3.8) is 0 Å². The molecule has 0 radical (unpaired) electrons. The molecule has 1 aromatic carbocycles. The third-order valence-corrected chi connectivity index (χ3v) is 3.77. The summed E-state index contributed by atoms with van der Waals surface area (Å²) in [5.74, 6) is 0.738. The Morgan fingerprint density at radius 1 is 1.11 bits per heavy atom. The van der Waals surface area contributed by atoms with E-state index in [0.29, 0.717) is 19.4 Å². The lowest BCUT2D eigenvalue weighted by molar-refractivity contribution is 0.0456. The molecule has 0 aliphatic carbocycles. The first-order valence-electron chi connectivity index (χ1n) is 6.78. The van der Waals surface area contributed by atoms with Crippen LogP contribution in [0.15, 0.2) is 24.3 Å². The second kappa shape index (κ2) is 5.53. The van der Waals surface area contributed by atoms with Crippen LogP contribution >= 0.6 is 0 Å². The maximum absolute atomic E-state index is 10.3. The Bertz CT molecular complexity index is 564. The fourth-order valence-electron chi connectivity index (χ4n) is 2.12. The molecule has 0 atom stereocenters. The maximum Gasteiger partial charge on any atom is 0.156 e. The van der Waals surface area contributed by atoms with Gasteiger partial charge in [-0.2, -0.15) is 5.10 Å². The third-order valence-electron chi connectivity index (χ3n) is 3.77. The van der Waals surface area contributed by atoms with Gasteiger partial charge in [0, 0.05) is 17.3 Å². The molecule has 0 unspecified atom stereocenters. The molecule has 0 aliphatic rings. The third kappa shape index (κ3) is 2.84. The van der Waals surface area contributed by atoms with Gasteiger partial charge in [0.1, 0.15) is 0 Å². The first-order chi connectivity index (χ1) is 9.09. The predicted octanol–water partition coefficient (Wildman–Crippen LogP) is 2.90. The molecule has 0 fully saturated rings. The van der Waals surface area contributed by atoms with Gasteiger partial charge < -0.3 is 10.4 Å². The molecule has 0 aliphatic heterocycles. The smallest absolute Gasteiger partial charge is 0.156 e. The summed E-state index contributed by atoms with van der Waals surface area (Å²) in [5, 5.41) is 24.1. The fourth-order valence-corrected chi connectivity index (χ4v) is 2.12. The monoisotopic (exact) mass is 259 g/mol. The molecule has 4 heteroatoms. The van der Waals surface area contributed by atoms with E-state index in [2.05, 4.69) is 15.5 Å². The van der Waals surface area contributed by atoms with Gasteiger partial charge in [0.25, 0.3) is 0 Å². The Hall–Kier alpha value is -1.68. The summed E-state index contributed by atoms with van der Waals surface area (Å²) >= 11 is 0.